The number of hydrogen-bond donors (Lipinski definition) is 3. The number of nitrogens with one attached hydrogen (secondary N) is 1. The molecule has 0 aliphatic heterocycles. The number of aliphatic hydroxyl groups is 1. The molecule has 0 bridgehead atoms. The van der Waals surface area contributed by atoms with Crippen LogP contribution in [0.3, 0.4) is 0 Å². The van der Waals surface area contributed by atoms with Crippen molar-refractivity contribution < 1.29 is 19.4 Å². The first-order valence-electron chi connectivity index (χ1n) is 4.99. The van der Waals surface area contributed by atoms with Gasteiger partial charge in [0.2, 0.25) is 0 Å². The Morgan fingerprint density at radius 1 is 1.41 bits per heavy atom. The van der Waals surface area contributed by atoms with Gasteiger partial charge < -0.3 is 15.6 Å². The average molecular weight is 238 g/mol. The zero-order chi connectivity index (χ0) is 12.8. The van der Waals surface area contributed by atoms with E-state index in [0.717, 1.165) is 5.56 Å². The van der Waals surface area contributed by atoms with E-state index in [1.807, 2.05) is 5.32 Å². The molecule has 92 valence electrons. The summed E-state index contributed by atoms with van der Waals surface area (Å²) < 4.78 is 5.28. The number of carbonyl (C=O) groups excluding carboxylic acids is 2. The molecule has 1 unspecified atom stereocenters. The number of benzene rings is 1. The van der Waals surface area contributed by atoms with Crippen LogP contribution in [0.2, 0.25) is 0 Å². The molecule has 1 rings (SSSR count). The first-order chi connectivity index (χ1) is 8.02. The Kier molecular flexibility index (Phi) is 4.47. The molecular weight excluding hydrogens is 224 g/mol. The summed E-state index contributed by atoms with van der Waals surface area (Å²) in [5, 5.41) is 10.8. The van der Waals surface area contributed by atoms with Crippen LogP contribution in [0.5, 0.6) is 5.75 Å². The van der Waals surface area contributed by atoms with Crippen molar-refractivity contribution in [2.45, 2.75) is 19.6 Å². The molecule has 0 saturated carbocycles. The standard InChI is InChI=1S/C11H14N2O4/c1-7(10(15)13-11(12)16)17-9-4-2-8(6-14)3-5-9/h2-5,7,14H,6H2,1H3,(H3,12,13,15,16). The molecule has 1 aromatic rings. The second kappa shape index (κ2) is 5.86. The summed E-state index contributed by atoms with van der Waals surface area (Å²) >= 11 is 0. The molecule has 0 radical (unpaired) electrons. The van der Waals surface area contributed by atoms with Crippen LogP contribution in [0.15, 0.2) is 24.3 Å². The van der Waals surface area contributed by atoms with Crippen LogP contribution in [0.4, 0.5) is 4.79 Å². The molecule has 0 aliphatic carbocycles. The van der Waals surface area contributed by atoms with E-state index < -0.39 is 18.0 Å². The summed E-state index contributed by atoms with van der Waals surface area (Å²) in [7, 11) is 0. The maximum Gasteiger partial charge on any atom is 0.318 e. The van der Waals surface area contributed by atoms with Crippen molar-refractivity contribution in [2.75, 3.05) is 0 Å². The number of carbonyl (C=O) groups is 2. The number of rotatable bonds is 4. The zero-order valence-electron chi connectivity index (χ0n) is 9.34. The van der Waals surface area contributed by atoms with Gasteiger partial charge in [-0.25, -0.2) is 4.79 Å². The summed E-state index contributed by atoms with van der Waals surface area (Å²) in [6.45, 7) is 1.44. The predicted octanol–water partition coefficient (Wildman–Crippen LogP) is 0.141. The van der Waals surface area contributed by atoms with Crippen molar-refractivity contribution in [1.29, 1.82) is 0 Å². The third-order valence-electron chi connectivity index (χ3n) is 2.03. The second-order valence-corrected chi connectivity index (χ2v) is 3.42. The van der Waals surface area contributed by atoms with Gasteiger partial charge in [-0.2, -0.15) is 0 Å². The van der Waals surface area contributed by atoms with Gasteiger partial charge in [0.1, 0.15) is 5.75 Å². The van der Waals surface area contributed by atoms with Crippen LogP contribution in [-0.2, 0) is 11.4 Å². The molecular formula is C11H14N2O4. The Labute approximate surface area is 98.4 Å². The lowest BCUT2D eigenvalue weighted by atomic mass is 10.2. The molecule has 0 heterocycles. The van der Waals surface area contributed by atoms with Crippen molar-refractivity contribution in [1.82, 2.24) is 5.32 Å². The van der Waals surface area contributed by atoms with E-state index in [-0.39, 0.29) is 6.61 Å². The van der Waals surface area contributed by atoms with Gasteiger partial charge in [0, 0.05) is 0 Å². The normalized spacial score (nSPS) is 11.6. The number of primary amides is 1. The first-order valence-corrected chi connectivity index (χ1v) is 4.99. The minimum absolute atomic E-state index is 0.0575. The zero-order valence-corrected chi connectivity index (χ0v) is 9.34. The summed E-state index contributed by atoms with van der Waals surface area (Å²) in [6, 6.07) is 5.68. The maximum atomic E-state index is 11.3. The number of ether oxygens (including phenoxy) is 1. The molecule has 0 aromatic heterocycles. The van der Waals surface area contributed by atoms with Crippen LogP contribution in [-0.4, -0.2) is 23.1 Å². The van der Waals surface area contributed by atoms with Crippen molar-refractivity contribution >= 4 is 11.9 Å². The molecule has 0 spiro atoms. The number of amides is 3. The molecule has 0 saturated heterocycles. The topological polar surface area (TPSA) is 102 Å². The van der Waals surface area contributed by atoms with E-state index in [1.165, 1.54) is 6.92 Å². The molecule has 0 fully saturated rings. The molecule has 1 aromatic carbocycles. The molecule has 6 nitrogen and oxygen atoms in total. The Morgan fingerprint density at radius 2 is 2.00 bits per heavy atom. The van der Waals surface area contributed by atoms with E-state index in [9.17, 15) is 9.59 Å². The number of hydrogen-bond acceptors (Lipinski definition) is 4. The van der Waals surface area contributed by atoms with Gasteiger partial charge in [0.15, 0.2) is 6.10 Å². The first kappa shape index (κ1) is 13.0. The van der Waals surface area contributed by atoms with Crippen molar-refractivity contribution in [3.63, 3.8) is 0 Å². The molecule has 17 heavy (non-hydrogen) atoms. The minimum Gasteiger partial charge on any atom is -0.481 e. The Morgan fingerprint density at radius 3 is 2.47 bits per heavy atom. The van der Waals surface area contributed by atoms with E-state index >= 15 is 0 Å². The Bertz CT molecular complexity index is 402. The number of urea groups is 1. The predicted molar refractivity (Wildman–Crippen MR) is 60.2 cm³/mol. The van der Waals surface area contributed by atoms with Crippen LogP contribution in [0.1, 0.15) is 12.5 Å². The summed E-state index contributed by atoms with van der Waals surface area (Å²) in [5.74, 6) is -0.141. The van der Waals surface area contributed by atoms with Gasteiger partial charge in [0.25, 0.3) is 5.91 Å². The molecule has 6 heteroatoms. The smallest absolute Gasteiger partial charge is 0.318 e. The molecule has 1 atom stereocenters. The Hall–Kier alpha value is -2.08. The molecule has 3 amide bonds. The number of aliphatic hydroxyl groups excluding tert-OH is 1. The maximum absolute atomic E-state index is 11.3. The largest absolute Gasteiger partial charge is 0.481 e. The van der Waals surface area contributed by atoms with E-state index in [1.54, 1.807) is 24.3 Å². The van der Waals surface area contributed by atoms with Gasteiger partial charge in [-0.1, -0.05) is 12.1 Å². The highest BCUT2D eigenvalue weighted by molar-refractivity contribution is 5.95. The Balaban J connectivity index is 2.57. The third-order valence-corrected chi connectivity index (χ3v) is 2.03. The van der Waals surface area contributed by atoms with Crippen LogP contribution in [0.25, 0.3) is 0 Å². The van der Waals surface area contributed by atoms with Gasteiger partial charge in [-0.05, 0) is 24.6 Å². The monoisotopic (exact) mass is 238 g/mol. The minimum atomic E-state index is -0.916. The highest BCUT2D eigenvalue weighted by Gasteiger charge is 2.15. The summed E-state index contributed by atoms with van der Waals surface area (Å²) in [5.41, 5.74) is 5.55. The highest BCUT2D eigenvalue weighted by atomic mass is 16.5. The fourth-order valence-corrected chi connectivity index (χ4v) is 1.15. The van der Waals surface area contributed by atoms with E-state index in [0.29, 0.717) is 5.75 Å². The lowest BCUT2D eigenvalue weighted by molar-refractivity contribution is -0.126. The van der Waals surface area contributed by atoms with Crippen molar-refractivity contribution in [3.05, 3.63) is 29.8 Å². The summed E-state index contributed by atoms with van der Waals surface area (Å²) in [6.07, 6.45) is -0.831. The van der Waals surface area contributed by atoms with Gasteiger partial charge in [-0.15, -0.1) is 0 Å². The van der Waals surface area contributed by atoms with Crippen molar-refractivity contribution in [2.24, 2.45) is 5.73 Å². The quantitative estimate of drug-likeness (QED) is 0.694. The average Bonchev–Trinajstić information content (AvgIpc) is 2.29. The summed E-state index contributed by atoms with van der Waals surface area (Å²) in [4.78, 5) is 21.8. The lowest BCUT2D eigenvalue weighted by Gasteiger charge is -2.13. The van der Waals surface area contributed by atoms with Crippen LogP contribution in [0, 0.1) is 0 Å². The van der Waals surface area contributed by atoms with Gasteiger partial charge >= 0.3 is 6.03 Å². The fourth-order valence-electron chi connectivity index (χ4n) is 1.15. The highest BCUT2D eigenvalue weighted by Crippen LogP contribution is 2.13. The number of nitrogens with two attached hydrogens (primary N) is 1. The fraction of sp³-hybridized carbons (Fsp3) is 0.273. The lowest BCUT2D eigenvalue weighted by Crippen LogP contribution is -2.42. The second-order valence-electron chi connectivity index (χ2n) is 3.42. The molecule has 4 N–H and O–H groups in total. The van der Waals surface area contributed by atoms with Crippen LogP contribution < -0.4 is 15.8 Å². The van der Waals surface area contributed by atoms with Crippen molar-refractivity contribution in [3.8, 4) is 5.75 Å². The SMILES string of the molecule is CC(Oc1ccc(CO)cc1)C(=O)NC(N)=O. The van der Waals surface area contributed by atoms with E-state index in [4.69, 9.17) is 15.6 Å². The number of imide groups is 1. The van der Waals surface area contributed by atoms with Gasteiger partial charge in [-0.3, -0.25) is 10.1 Å². The van der Waals surface area contributed by atoms with Crippen LogP contribution >= 0.6 is 0 Å². The molecule has 0 aliphatic rings. The van der Waals surface area contributed by atoms with E-state index in [2.05, 4.69) is 0 Å². The third kappa shape index (κ3) is 4.12. The van der Waals surface area contributed by atoms with Gasteiger partial charge in [0.05, 0.1) is 6.61 Å².